The fourth-order valence-electron chi connectivity index (χ4n) is 1.72. The van der Waals surface area contributed by atoms with Crippen molar-refractivity contribution in [2.75, 3.05) is 5.73 Å². The smallest absolute Gasteiger partial charge is 0.227 e. The van der Waals surface area contributed by atoms with Crippen LogP contribution in [0, 0.1) is 5.82 Å². The molecule has 0 amide bonds. The summed E-state index contributed by atoms with van der Waals surface area (Å²) in [5, 5.41) is 0.487. The quantitative estimate of drug-likeness (QED) is 0.677. The van der Waals surface area contributed by atoms with E-state index < -0.39 is 5.82 Å². The van der Waals surface area contributed by atoms with E-state index in [0.717, 1.165) is 0 Å². The van der Waals surface area contributed by atoms with Gasteiger partial charge in [0.05, 0.1) is 10.7 Å². The number of fused-ring (bicyclic) bond motifs is 1. The molecule has 90 valence electrons. The standard InChI is InChI=1S/C13H8ClFN2O/c14-8-2-1-3-11-12(8)18-13(17-11)7-4-5-9(15)10(16)6-7/h1-6H,16H2. The Morgan fingerprint density at radius 1 is 1.22 bits per heavy atom. The van der Waals surface area contributed by atoms with Crippen LogP contribution in [0.1, 0.15) is 0 Å². The number of benzene rings is 2. The monoisotopic (exact) mass is 262 g/mol. The molecule has 3 nitrogen and oxygen atoms in total. The molecule has 2 aromatic carbocycles. The predicted molar refractivity (Wildman–Crippen MR) is 68.8 cm³/mol. The summed E-state index contributed by atoms with van der Waals surface area (Å²) in [6.07, 6.45) is 0. The first-order valence-corrected chi connectivity index (χ1v) is 5.63. The van der Waals surface area contributed by atoms with Crippen molar-refractivity contribution >= 4 is 28.4 Å². The molecule has 0 bridgehead atoms. The summed E-state index contributed by atoms with van der Waals surface area (Å²) in [6, 6.07) is 9.62. The maximum Gasteiger partial charge on any atom is 0.227 e. The van der Waals surface area contributed by atoms with E-state index in [0.29, 0.717) is 27.6 Å². The maximum absolute atomic E-state index is 13.1. The first-order valence-electron chi connectivity index (χ1n) is 5.25. The zero-order valence-electron chi connectivity index (χ0n) is 9.15. The maximum atomic E-state index is 13.1. The van der Waals surface area contributed by atoms with E-state index in [-0.39, 0.29) is 5.69 Å². The highest BCUT2D eigenvalue weighted by Crippen LogP contribution is 2.30. The van der Waals surface area contributed by atoms with Gasteiger partial charge in [0.25, 0.3) is 0 Å². The number of halogens is 2. The van der Waals surface area contributed by atoms with Crippen LogP contribution in [-0.2, 0) is 0 Å². The zero-order valence-corrected chi connectivity index (χ0v) is 9.91. The van der Waals surface area contributed by atoms with Crippen molar-refractivity contribution in [1.82, 2.24) is 4.98 Å². The van der Waals surface area contributed by atoms with Crippen LogP contribution in [0.4, 0.5) is 10.1 Å². The van der Waals surface area contributed by atoms with E-state index >= 15 is 0 Å². The van der Waals surface area contributed by atoms with Gasteiger partial charge < -0.3 is 10.2 Å². The molecule has 0 aliphatic heterocycles. The van der Waals surface area contributed by atoms with Crippen LogP contribution in [0.15, 0.2) is 40.8 Å². The van der Waals surface area contributed by atoms with Crippen LogP contribution in [0.2, 0.25) is 5.02 Å². The second-order valence-electron chi connectivity index (χ2n) is 3.84. The molecule has 0 fully saturated rings. The van der Waals surface area contributed by atoms with Crippen molar-refractivity contribution in [3.63, 3.8) is 0 Å². The molecule has 0 saturated heterocycles. The van der Waals surface area contributed by atoms with E-state index in [2.05, 4.69) is 4.98 Å². The molecular weight excluding hydrogens is 255 g/mol. The summed E-state index contributed by atoms with van der Waals surface area (Å²) in [4.78, 5) is 4.29. The molecule has 5 heteroatoms. The fourth-order valence-corrected chi connectivity index (χ4v) is 1.92. The van der Waals surface area contributed by atoms with Crippen molar-refractivity contribution in [1.29, 1.82) is 0 Å². The van der Waals surface area contributed by atoms with Gasteiger partial charge in [-0.1, -0.05) is 17.7 Å². The normalized spacial score (nSPS) is 11.0. The number of hydrogen-bond donors (Lipinski definition) is 1. The Bertz CT molecular complexity index is 739. The van der Waals surface area contributed by atoms with Gasteiger partial charge in [-0.2, -0.15) is 0 Å². The van der Waals surface area contributed by atoms with E-state index in [1.807, 2.05) is 0 Å². The molecule has 0 saturated carbocycles. The van der Waals surface area contributed by atoms with Crippen LogP contribution < -0.4 is 5.73 Å². The van der Waals surface area contributed by atoms with Crippen LogP contribution in [0.5, 0.6) is 0 Å². The van der Waals surface area contributed by atoms with Gasteiger partial charge in [0.1, 0.15) is 11.3 Å². The predicted octanol–water partition coefficient (Wildman–Crippen LogP) is 3.87. The average molecular weight is 263 g/mol. The third kappa shape index (κ3) is 1.71. The summed E-state index contributed by atoms with van der Waals surface area (Å²) >= 11 is 6.00. The van der Waals surface area contributed by atoms with Gasteiger partial charge in [-0.05, 0) is 30.3 Å². The summed E-state index contributed by atoms with van der Waals surface area (Å²) in [5.74, 6) is -0.0994. The summed E-state index contributed by atoms with van der Waals surface area (Å²) in [6.45, 7) is 0. The fraction of sp³-hybridized carbons (Fsp3) is 0. The number of aromatic nitrogens is 1. The third-order valence-electron chi connectivity index (χ3n) is 2.61. The van der Waals surface area contributed by atoms with Crippen molar-refractivity contribution in [3.8, 4) is 11.5 Å². The lowest BCUT2D eigenvalue weighted by molar-refractivity contribution is 0.617. The van der Waals surface area contributed by atoms with Gasteiger partial charge in [-0.15, -0.1) is 0 Å². The SMILES string of the molecule is Nc1cc(-c2nc3cccc(Cl)c3o2)ccc1F. The molecule has 0 radical (unpaired) electrons. The van der Waals surface area contributed by atoms with Gasteiger partial charge in [0.2, 0.25) is 5.89 Å². The van der Waals surface area contributed by atoms with Gasteiger partial charge in [0, 0.05) is 5.56 Å². The molecule has 0 unspecified atom stereocenters. The number of rotatable bonds is 1. The first kappa shape index (κ1) is 11.0. The summed E-state index contributed by atoms with van der Waals surface area (Å²) in [5.41, 5.74) is 7.34. The molecule has 1 aromatic heterocycles. The topological polar surface area (TPSA) is 52.0 Å². The molecule has 3 aromatic rings. The number of nitrogen functional groups attached to an aromatic ring is 1. The van der Waals surface area contributed by atoms with E-state index in [1.54, 1.807) is 24.3 Å². The van der Waals surface area contributed by atoms with Crippen LogP contribution in [-0.4, -0.2) is 4.98 Å². The zero-order chi connectivity index (χ0) is 12.7. The molecular formula is C13H8ClFN2O. The second-order valence-corrected chi connectivity index (χ2v) is 4.25. The van der Waals surface area contributed by atoms with Crippen LogP contribution in [0.3, 0.4) is 0 Å². The van der Waals surface area contributed by atoms with Gasteiger partial charge >= 0.3 is 0 Å². The van der Waals surface area contributed by atoms with Gasteiger partial charge in [-0.25, -0.2) is 9.37 Å². The third-order valence-corrected chi connectivity index (χ3v) is 2.91. The molecule has 1 heterocycles. The van der Waals surface area contributed by atoms with E-state index in [4.69, 9.17) is 21.8 Å². The molecule has 3 rings (SSSR count). The lowest BCUT2D eigenvalue weighted by atomic mass is 10.2. The van der Waals surface area contributed by atoms with Crippen LogP contribution in [0.25, 0.3) is 22.6 Å². The molecule has 2 N–H and O–H groups in total. The minimum atomic E-state index is -0.465. The number of nitrogens with two attached hydrogens (primary N) is 1. The Labute approximate surface area is 107 Å². The Morgan fingerprint density at radius 2 is 2.06 bits per heavy atom. The molecule has 0 aliphatic rings. The highest BCUT2D eigenvalue weighted by Gasteiger charge is 2.11. The Morgan fingerprint density at radius 3 is 2.78 bits per heavy atom. The Kier molecular flexibility index (Phi) is 2.45. The number of hydrogen-bond acceptors (Lipinski definition) is 3. The highest BCUT2D eigenvalue weighted by molar-refractivity contribution is 6.34. The van der Waals surface area contributed by atoms with E-state index in [1.165, 1.54) is 12.1 Å². The number of oxazole rings is 1. The Hall–Kier alpha value is -2.07. The number of nitrogens with zero attached hydrogens (tertiary/aromatic N) is 1. The summed E-state index contributed by atoms with van der Waals surface area (Å²) in [7, 11) is 0. The second kappa shape index (κ2) is 3.99. The minimum Gasteiger partial charge on any atom is -0.435 e. The number of anilines is 1. The Balaban J connectivity index is 2.19. The summed E-state index contributed by atoms with van der Waals surface area (Å²) < 4.78 is 18.6. The van der Waals surface area contributed by atoms with Gasteiger partial charge in [-0.3, -0.25) is 0 Å². The van der Waals surface area contributed by atoms with Crippen LogP contribution >= 0.6 is 11.6 Å². The lowest BCUT2D eigenvalue weighted by Crippen LogP contribution is -1.90. The van der Waals surface area contributed by atoms with Crippen molar-refractivity contribution in [2.45, 2.75) is 0 Å². The minimum absolute atomic E-state index is 0.0563. The largest absolute Gasteiger partial charge is 0.435 e. The molecule has 0 atom stereocenters. The first-order chi connectivity index (χ1) is 8.65. The lowest BCUT2D eigenvalue weighted by Gasteiger charge is -1.98. The molecule has 0 aliphatic carbocycles. The number of para-hydroxylation sites is 1. The van der Waals surface area contributed by atoms with Gasteiger partial charge in [0.15, 0.2) is 5.58 Å². The van der Waals surface area contributed by atoms with Crippen molar-refractivity contribution in [2.24, 2.45) is 0 Å². The molecule has 18 heavy (non-hydrogen) atoms. The van der Waals surface area contributed by atoms with E-state index in [9.17, 15) is 4.39 Å². The van der Waals surface area contributed by atoms with Crippen molar-refractivity contribution < 1.29 is 8.81 Å². The highest BCUT2D eigenvalue weighted by atomic mass is 35.5. The van der Waals surface area contributed by atoms with Crippen molar-refractivity contribution in [3.05, 3.63) is 47.2 Å². The average Bonchev–Trinajstić information content (AvgIpc) is 2.78. The molecule has 0 spiro atoms.